The van der Waals surface area contributed by atoms with Crippen molar-refractivity contribution in [1.82, 2.24) is 10.1 Å². The van der Waals surface area contributed by atoms with E-state index < -0.39 is 10.8 Å². The van der Waals surface area contributed by atoms with Gasteiger partial charge in [0.25, 0.3) is 5.69 Å². The third-order valence-corrected chi connectivity index (χ3v) is 4.28. The molecule has 1 aromatic carbocycles. The van der Waals surface area contributed by atoms with Crippen LogP contribution in [-0.4, -0.2) is 27.9 Å². The zero-order chi connectivity index (χ0) is 18.0. The minimum absolute atomic E-state index is 0.0611. The minimum Gasteiger partial charge on any atom is -0.361 e. The van der Waals surface area contributed by atoms with Crippen LogP contribution in [0.15, 0.2) is 22.7 Å². The van der Waals surface area contributed by atoms with E-state index in [1.807, 2.05) is 0 Å². The summed E-state index contributed by atoms with van der Waals surface area (Å²) < 4.78 is 5.11. The van der Waals surface area contributed by atoms with Gasteiger partial charge in [0.1, 0.15) is 5.76 Å². The average molecular weight is 352 g/mol. The van der Waals surface area contributed by atoms with Crippen molar-refractivity contribution in [3.8, 4) is 0 Å². The van der Waals surface area contributed by atoms with Crippen LogP contribution in [0.2, 0.25) is 5.02 Å². The van der Waals surface area contributed by atoms with E-state index in [0.29, 0.717) is 22.0 Å². The molecule has 0 fully saturated rings. The number of carbonyl (C=O) groups excluding carboxylic acids is 1. The molecule has 0 aliphatic heterocycles. The number of likely N-dealkylation sites (N-methyl/N-ethyl adjacent to an activating group) is 1. The largest absolute Gasteiger partial charge is 0.361 e. The highest BCUT2D eigenvalue weighted by atomic mass is 35.5. The van der Waals surface area contributed by atoms with Crippen LogP contribution in [0.3, 0.4) is 0 Å². The van der Waals surface area contributed by atoms with E-state index in [4.69, 9.17) is 16.1 Å². The molecule has 0 saturated heterocycles. The Labute approximate surface area is 144 Å². The molecule has 0 aliphatic rings. The highest BCUT2D eigenvalue weighted by molar-refractivity contribution is 6.31. The maximum Gasteiger partial charge on any atom is 0.269 e. The summed E-state index contributed by atoms with van der Waals surface area (Å²) in [6, 6.07) is 4.18. The molecule has 128 valence electrons. The van der Waals surface area contributed by atoms with Crippen molar-refractivity contribution in [1.29, 1.82) is 0 Å². The lowest BCUT2D eigenvalue weighted by atomic mass is 9.98. The fourth-order valence-electron chi connectivity index (χ4n) is 2.69. The third kappa shape index (κ3) is 3.56. The van der Waals surface area contributed by atoms with Crippen molar-refractivity contribution >= 4 is 23.2 Å². The first kappa shape index (κ1) is 17.9. The first-order valence-electron chi connectivity index (χ1n) is 7.33. The predicted molar refractivity (Wildman–Crippen MR) is 89.0 cm³/mol. The van der Waals surface area contributed by atoms with Crippen LogP contribution < -0.4 is 0 Å². The summed E-state index contributed by atoms with van der Waals surface area (Å²) in [7, 11) is 1.63. The summed E-state index contributed by atoms with van der Waals surface area (Å²) >= 11 is 6.09. The number of amides is 1. The van der Waals surface area contributed by atoms with Crippen LogP contribution >= 0.6 is 11.6 Å². The van der Waals surface area contributed by atoms with Gasteiger partial charge in [-0.05, 0) is 32.4 Å². The second-order valence-electron chi connectivity index (χ2n) is 5.69. The molecule has 1 atom stereocenters. The first-order chi connectivity index (χ1) is 11.2. The number of halogens is 1. The van der Waals surface area contributed by atoms with Crippen molar-refractivity contribution < 1.29 is 14.2 Å². The van der Waals surface area contributed by atoms with Crippen molar-refractivity contribution in [2.75, 3.05) is 7.05 Å². The molecule has 0 aliphatic carbocycles. The molecule has 0 radical (unpaired) electrons. The number of nitrogens with zero attached hydrogens (tertiary/aromatic N) is 3. The summed E-state index contributed by atoms with van der Waals surface area (Å²) in [5.74, 6) is 0.0285. The Balaban J connectivity index is 2.20. The van der Waals surface area contributed by atoms with Gasteiger partial charge >= 0.3 is 0 Å². The summed E-state index contributed by atoms with van der Waals surface area (Å²) in [5.41, 5.74) is 1.90. The molecule has 24 heavy (non-hydrogen) atoms. The van der Waals surface area contributed by atoms with E-state index in [9.17, 15) is 14.9 Å². The Morgan fingerprint density at radius 2 is 2.12 bits per heavy atom. The highest BCUT2D eigenvalue weighted by Gasteiger charge is 2.26. The molecule has 0 spiro atoms. The number of rotatable bonds is 5. The number of carbonyl (C=O) groups is 1. The van der Waals surface area contributed by atoms with Gasteiger partial charge < -0.3 is 9.42 Å². The Hall–Kier alpha value is -2.41. The van der Waals surface area contributed by atoms with E-state index in [1.165, 1.54) is 23.1 Å². The lowest BCUT2D eigenvalue weighted by Crippen LogP contribution is -2.30. The Kier molecular flexibility index (Phi) is 5.23. The smallest absolute Gasteiger partial charge is 0.269 e. The van der Waals surface area contributed by atoms with Gasteiger partial charge in [0.2, 0.25) is 5.91 Å². The van der Waals surface area contributed by atoms with E-state index in [-0.39, 0.29) is 18.1 Å². The normalized spacial score (nSPS) is 12.0. The van der Waals surface area contributed by atoms with Crippen molar-refractivity contribution in [3.63, 3.8) is 0 Å². The molecule has 1 heterocycles. The summed E-state index contributed by atoms with van der Waals surface area (Å²) in [6.45, 7) is 5.50. The SMILES string of the molecule is Cc1noc(C)c1[C@H](C)C(=O)N(C)Cc1cc([N+](=O)[O-])ccc1Cl. The number of hydrogen-bond donors (Lipinski definition) is 0. The van der Waals surface area contributed by atoms with Gasteiger partial charge in [0.15, 0.2) is 0 Å². The molecule has 2 aromatic rings. The van der Waals surface area contributed by atoms with E-state index in [1.54, 1.807) is 27.8 Å². The zero-order valence-electron chi connectivity index (χ0n) is 13.9. The lowest BCUT2D eigenvalue weighted by Gasteiger charge is -2.22. The summed E-state index contributed by atoms with van der Waals surface area (Å²) in [4.78, 5) is 24.5. The first-order valence-corrected chi connectivity index (χ1v) is 7.70. The number of aromatic nitrogens is 1. The molecule has 0 unspecified atom stereocenters. The Morgan fingerprint density at radius 3 is 2.67 bits per heavy atom. The molecule has 1 aromatic heterocycles. The molecule has 0 bridgehead atoms. The molecule has 8 heteroatoms. The molecule has 2 rings (SSSR count). The maximum atomic E-state index is 12.7. The number of nitro groups is 1. The van der Waals surface area contributed by atoms with Crippen LogP contribution in [0.1, 0.15) is 35.4 Å². The number of non-ortho nitro benzene ring substituents is 1. The fourth-order valence-corrected chi connectivity index (χ4v) is 2.87. The van der Waals surface area contributed by atoms with Crippen LogP contribution in [-0.2, 0) is 11.3 Å². The fraction of sp³-hybridized carbons (Fsp3) is 0.375. The van der Waals surface area contributed by atoms with Gasteiger partial charge in [-0.1, -0.05) is 16.8 Å². The average Bonchev–Trinajstić information content (AvgIpc) is 2.86. The van der Waals surface area contributed by atoms with E-state index in [2.05, 4.69) is 5.16 Å². The number of nitro benzene ring substituents is 1. The molecule has 1 amide bonds. The Bertz CT molecular complexity index is 768. The second kappa shape index (κ2) is 7.00. The molecule has 0 saturated carbocycles. The Morgan fingerprint density at radius 1 is 1.46 bits per heavy atom. The number of hydrogen-bond acceptors (Lipinski definition) is 5. The van der Waals surface area contributed by atoms with Crippen molar-refractivity contribution in [3.05, 3.63) is 55.9 Å². The number of aryl methyl sites for hydroxylation is 2. The topological polar surface area (TPSA) is 89.5 Å². The van der Waals surface area contributed by atoms with E-state index in [0.717, 1.165) is 5.56 Å². The minimum atomic E-state index is -0.492. The van der Waals surface area contributed by atoms with Gasteiger partial charge in [-0.2, -0.15) is 0 Å². The van der Waals surface area contributed by atoms with Crippen LogP contribution in [0, 0.1) is 24.0 Å². The van der Waals surface area contributed by atoms with Gasteiger partial charge in [0.05, 0.1) is 16.5 Å². The van der Waals surface area contributed by atoms with Gasteiger partial charge in [-0.3, -0.25) is 14.9 Å². The molecule has 0 N–H and O–H groups in total. The maximum absolute atomic E-state index is 12.7. The van der Waals surface area contributed by atoms with Crippen LogP contribution in [0.5, 0.6) is 0 Å². The summed E-state index contributed by atoms with van der Waals surface area (Å²) in [5, 5.41) is 15.1. The van der Waals surface area contributed by atoms with Gasteiger partial charge in [0, 0.05) is 36.3 Å². The van der Waals surface area contributed by atoms with Crippen molar-refractivity contribution in [2.24, 2.45) is 0 Å². The highest BCUT2D eigenvalue weighted by Crippen LogP contribution is 2.27. The third-order valence-electron chi connectivity index (χ3n) is 3.92. The lowest BCUT2D eigenvalue weighted by molar-refractivity contribution is -0.384. The van der Waals surface area contributed by atoms with Crippen LogP contribution in [0.4, 0.5) is 5.69 Å². The second-order valence-corrected chi connectivity index (χ2v) is 6.09. The van der Waals surface area contributed by atoms with Crippen LogP contribution in [0.25, 0.3) is 0 Å². The van der Waals surface area contributed by atoms with Gasteiger partial charge in [-0.15, -0.1) is 0 Å². The summed E-state index contributed by atoms with van der Waals surface area (Å²) in [6.07, 6.45) is 0. The zero-order valence-corrected chi connectivity index (χ0v) is 14.6. The predicted octanol–water partition coefficient (Wildman–Crippen LogP) is 3.62. The molecular formula is C16H18ClN3O4. The van der Waals surface area contributed by atoms with Gasteiger partial charge in [-0.25, -0.2) is 0 Å². The van der Waals surface area contributed by atoms with E-state index >= 15 is 0 Å². The molecule has 7 nitrogen and oxygen atoms in total. The van der Waals surface area contributed by atoms with Crippen molar-refractivity contribution in [2.45, 2.75) is 33.2 Å². The quantitative estimate of drug-likeness (QED) is 0.606. The standard InChI is InChI=1S/C16H18ClN3O4/c1-9(15-10(2)18-24-11(15)3)16(21)19(4)8-12-7-13(20(22)23)5-6-14(12)17/h5-7,9H,8H2,1-4H3/t9-/m0/s1. The number of benzene rings is 1. The monoisotopic (exact) mass is 351 g/mol. The molecular weight excluding hydrogens is 334 g/mol.